The SMILES string of the molecule is O=C(O)C1C2C=CC3(CN(CCc4ccccn4)C(=O)C13)O2. The molecule has 0 radical (unpaired) electrons. The maximum absolute atomic E-state index is 12.6. The minimum Gasteiger partial charge on any atom is -0.481 e. The Morgan fingerprint density at radius 1 is 1.50 bits per heavy atom. The lowest BCUT2D eigenvalue weighted by molar-refractivity contribution is -0.148. The first kappa shape index (κ1) is 13.5. The van der Waals surface area contributed by atoms with Crippen molar-refractivity contribution in [2.75, 3.05) is 13.1 Å². The molecule has 1 N–H and O–H groups in total. The molecule has 6 nitrogen and oxygen atoms in total. The van der Waals surface area contributed by atoms with Crippen LogP contribution in [0.5, 0.6) is 0 Å². The third-order valence-corrected chi connectivity index (χ3v) is 4.83. The number of hydrogen-bond donors (Lipinski definition) is 1. The molecule has 4 rings (SSSR count). The normalized spacial score (nSPS) is 35.2. The summed E-state index contributed by atoms with van der Waals surface area (Å²) < 4.78 is 5.84. The zero-order valence-corrected chi connectivity index (χ0v) is 11.9. The standard InChI is InChI=1S/C16H16N2O4/c19-14-13-12(15(20)21)11-4-6-16(13,22-11)9-18(14)8-5-10-3-1-2-7-17-10/h1-4,6-7,11-13H,5,8-9H2,(H,20,21). The number of rotatable bonds is 4. The molecule has 2 fully saturated rings. The summed E-state index contributed by atoms with van der Waals surface area (Å²) in [6.45, 7) is 0.961. The average molecular weight is 300 g/mol. The van der Waals surface area contributed by atoms with Gasteiger partial charge in [0.05, 0.1) is 18.6 Å². The lowest BCUT2D eigenvalue weighted by Crippen LogP contribution is -2.39. The van der Waals surface area contributed by atoms with E-state index in [2.05, 4.69) is 4.98 Å². The summed E-state index contributed by atoms with van der Waals surface area (Å²) in [7, 11) is 0. The smallest absolute Gasteiger partial charge is 0.310 e. The van der Waals surface area contributed by atoms with Crippen LogP contribution in [0.1, 0.15) is 5.69 Å². The van der Waals surface area contributed by atoms with Gasteiger partial charge in [0.2, 0.25) is 5.91 Å². The number of likely N-dealkylation sites (tertiary alicyclic amines) is 1. The van der Waals surface area contributed by atoms with Crippen LogP contribution in [-0.4, -0.2) is 51.7 Å². The Bertz CT molecular complexity index is 659. The fourth-order valence-corrected chi connectivity index (χ4v) is 3.84. The zero-order valence-electron chi connectivity index (χ0n) is 11.9. The van der Waals surface area contributed by atoms with Crippen LogP contribution in [0.25, 0.3) is 0 Å². The number of nitrogens with zero attached hydrogens (tertiary/aromatic N) is 2. The van der Waals surface area contributed by atoms with Crippen LogP contribution in [-0.2, 0) is 20.7 Å². The summed E-state index contributed by atoms with van der Waals surface area (Å²) in [6.07, 6.45) is 5.57. The van der Waals surface area contributed by atoms with Crippen molar-refractivity contribution >= 4 is 11.9 Å². The molecule has 0 aliphatic carbocycles. The molecular weight excluding hydrogens is 284 g/mol. The number of aromatic nitrogens is 1. The third kappa shape index (κ3) is 1.80. The molecule has 6 heteroatoms. The van der Waals surface area contributed by atoms with Gasteiger partial charge in [-0.05, 0) is 12.1 Å². The van der Waals surface area contributed by atoms with Crippen molar-refractivity contribution in [2.24, 2.45) is 11.8 Å². The maximum Gasteiger partial charge on any atom is 0.310 e. The molecule has 114 valence electrons. The number of aliphatic carboxylic acids is 1. The summed E-state index contributed by atoms with van der Waals surface area (Å²) in [6, 6.07) is 5.68. The van der Waals surface area contributed by atoms with Gasteiger partial charge in [-0.3, -0.25) is 14.6 Å². The van der Waals surface area contributed by atoms with Crippen molar-refractivity contribution in [3.8, 4) is 0 Å². The summed E-state index contributed by atoms with van der Waals surface area (Å²) >= 11 is 0. The van der Waals surface area contributed by atoms with Crippen molar-refractivity contribution in [3.63, 3.8) is 0 Å². The molecule has 2 bridgehead atoms. The predicted octanol–water partition coefficient (Wildman–Crippen LogP) is 0.491. The Labute approximate surface area is 127 Å². The maximum atomic E-state index is 12.6. The number of ether oxygens (including phenoxy) is 1. The highest BCUT2D eigenvalue weighted by Gasteiger charge is 2.66. The summed E-state index contributed by atoms with van der Waals surface area (Å²) in [5, 5.41) is 9.40. The zero-order chi connectivity index (χ0) is 15.3. The molecule has 1 aromatic rings. The van der Waals surface area contributed by atoms with Gasteiger partial charge in [-0.25, -0.2) is 0 Å². The number of hydrogen-bond acceptors (Lipinski definition) is 4. The van der Waals surface area contributed by atoms with Crippen LogP contribution in [0.2, 0.25) is 0 Å². The van der Waals surface area contributed by atoms with E-state index in [-0.39, 0.29) is 5.91 Å². The first-order valence-corrected chi connectivity index (χ1v) is 7.39. The Kier molecular flexibility index (Phi) is 2.84. The Morgan fingerprint density at radius 3 is 3.09 bits per heavy atom. The molecule has 1 aromatic heterocycles. The van der Waals surface area contributed by atoms with Gasteiger partial charge in [0.15, 0.2) is 0 Å². The second kappa shape index (κ2) is 4.64. The van der Waals surface area contributed by atoms with Crippen LogP contribution in [0.3, 0.4) is 0 Å². The first-order valence-electron chi connectivity index (χ1n) is 7.39. The van der Waals surface area contributed by atoms with Gasteiger partial charge in [0, 0.05) is 24.9 Å². The van der Waals surface area contributed by atoms with Crippen molar-refractivity contribution in [1.82, 2.24) is 9.88 Å². The van der Waals surface area contributed by atoms with E-state index in [0.29, 0.717) is 19.5 Å². The molecular formula is C16H16N2O4. The second-order valence-corrected chi connectivity index (χ2v) is 6.07. The van der Waals surface area contributed by atoms with Crippen LogP contribution in [0, 0.1) is 11.8 Å². The van der Waals surface area contributed by atoms with E-state index in [1.54, 1.807) is 17.2 Å². The van der Waals surface area contributed by atoms with Crippen LogP contribution in [0.15, 0.2) is 36.5 Å². The fourth-order valence-electron chi connectivity index (χ4n) is 3.84. The van der Waals surface area contributed by atoms with Gasteiger partial charge in [0.25, 0.3) is 0 Å². The summed E-state index contributed by atoms with van der Waals surface area (Å²) in [5.74, 6) is -2.43. The Hall–Kier alpha value is -2.21. The number of pyridine rings is 1. The minimum atomic E-state index is -0.957. The first-order chi connectivity index (χ1) is 10.6. The molecule has 4 heterocycles. The largest absolute Gasteiger partial charge is 0.481 e. The number of carboxylic acid groups (broad SMARTS) is 1. The molecule has 0 saturated carbocycles. The van der Waals surface area contributed by atoms with E-state index in [4.69, 9.17) is 4.74 Å². The van der Waals surface area contributed by atoms with Gasteiger partial charge in [0.1, 0.15) is 11.5 Å². The average Bonchev–Trinajstić information content (AvgIpc) is 3.14. The van der Waals surface area contributed by atoms with Crippen LogP contribution >= 0.6 is 0 Å². The monoisotopic (exact) mass is 300 g/mol. The number of fused-ring (bicyclic) bond motifs is 1. The topological polar surface area (TPSA) is 79.7 Å². The highest BCUT2D eigenvalue weighted by molar-refractivity contribution is 5.90. The van der Waals surface area contributed by atoms with Gasteiger partial charge in [-0.15, -0.1) is 0 Å². The lowest BCUT2D eigenvalue weighted by atomic mass is 9.77. The van der Waals surface area contributed by atoms with Gasteiger partial charge in [-0.2, -0.15) is 0 Å². The number of carbonyl (C=O) groups is 2. The van der Waals surface area contributed by atoms with E-state index in [9.17, 15) is 14.7 Å². The van der Waals surface area contributed by atoms with Crippen LogP contribution < -0.4 is 0 Å². The number of amides is 1. The Morgan fingerprint density at radius 2 is 2.36 bits per heavy atom. The second-order valence-electron chi connectivity index (χ2n) is 6.07. The van der Waals surface area contributed by atoms with Crippen LogP contribution in [0.4, 0.5) is 0 Å². The van der Waals surface area contributed by atoms with E-state index in [1.165, 1.54) is 0 Å². The van der Waals surface area contributed by atoms with E-state index in [1.807, 2.05) is 24.3 Å². The van der Waals surface area contributed by atoms with E-state index < -0.39 is 29.5 Å². The molecule has 1 amide bonds. The van der Waals surface area contributed by atoms with Gasteiger partial charge >= 0.3 is 5.97 Å². The molecule has 4 atom stereocenters. The molecule has 22 heavy (non-hydrogen) atoms. The fraction of sp³-hybridized carbons (Fsp3) is 0.438. The van der Waals surface area contributed by atoms with E-state index >= 15 is 0 Å². The number of carboxylic acids is 1. The summed E-state index contributed by atoms with van der Waals surface area (Å²) in [4.78, 5) is 30.1. The quantitative estimate of drug-likeness (QED) is 0.819. The molecule has 3 aliphatic heterocycles. The Balaban J connectivity index is 1.53. The van der Waals surface area contributed by atoms with Crippen molar-refractivity contribution in [1.29, 1.82) is 0 Å². The molecule has 1 spiro atoms. The predicted molar refractivity (Wildman–Crippen MR) is 75.9 cm³/mol. The molecule has 2 saturated heterocycles. The lowest BCUT2D eigenvalue weighted by Gasteiger charge is -2.21. The third-order valence-electron chi connectivity index (χ3n) is 4.83. The molecule has 3 aliphatic rings. The van der Waals surface area contributed by atoms with E-state index in [0.717, 1.165) is 5.69 Å². The van der Waals surface area contributed by atoms with Crippen molar-refractivity contribution in [3.05, 3.63) is 42.2 Å². The minimum absolute atomic E-state index is 0.116. The molecule has 4 unspecified atom stereocenters. The number of carbonyl (C=O) groups excluding carboxylic acids is 1. The highest BCUT2D eigenvalue weighted by atomic mass is 16.5. The van der Waals surface area contributed by atoms with Crippen molar-refractivity contribution in [2.45, 2.75) is 18.1 Å². The van der Waals surface area contributed by atoms with Gasteiger partial charge in [-0.1, -0.05) is 18.2 Å². The van der Waals surface area contributed by atoms with Crippen molar-refractivity contribution < 1.29 is 19.4 Å². The summed E-state index contributed by atoms with van der Waals surface area (Å²) in [5.41, 5.74) is 0.176. The van der Waals surface area contributed by atoms with Gasteiger partial charge < -0.3 is 14.7 Å². The molecule has 0 aromatic carbocycles. The highest BCUT2D eigenvalue weighted by Crippen LogP contribution is 2.51.